The average molecular weight is 522 g/mol. The normalized spacial score (nSPS) is 45.6. The Bertz CT molecular complexity index is 968. The molecule has 1 N–H and O–H groups in total. The number of fused-ring (bicyclic) bond motifs is 2. The summed E-state index contributed by atoms with van der Waals surface area (Å²) in [6.07, 6.45) is 6.03. The molecule has 5 aliphatic rings. The highest BCUT2D eigenvalue weighted by Crippen LogP contribution is 2.82. The Morgan fingerprint density at radius 3 is 2.75 bits per heavy atom. The van der Waals surface area contributed by atoms with Gasteiger partial charge in [0, 0.05) is 10.4 Å². The molecule has 4 fully saturated rings. The number of carbonyl (C=O) groups excluding carboxylic acids is 1. The molecule has 7 nitrogen and oxygen atoms in total. The predicted molar refractivity (Wildman–Crippen MR) is 135 cm³/mol. The highest BCUT2D eigenvalue weighted by atomic mass is 35.5. The Kier molecular flexibility index (Phi) is 6.73. The zero-order chi connectivity index (χ0) is 26.0. The number of carboxylic acids is 1. The summed E-state index contributed by atoms with van der Waals surface area (Å²) in [5, 5.41) is 13.3. The lowest BCUT2D eigenvalue weighted by Crippen LogP contribution is -2.64. The number of aldehydes is 1. The lowest BCUT2D eigenvalue weighted by atomic mass is 9.43. The smallest absolute Gasteiger partial charge is 0.315 e. The third-order valence-electron chi connectivity index (χ3n) is 10.4. The lowest BCUT2D eigenvalue weighted by Gasteiger charge is -2.58. The van der Waals surface area contributed by atoms with Crippen molar-refractivity contribution in [1.82, 2.24) is 5.06 Å². The van der Waals surface area contributed by atoms with E-state index < -0.39 is 28.5 Å². The molecule has 3 saturated carbocycles. The molecule has 36 heavy (non-hydrogen) atoms. The molecule has 1 saturated heterocycles. The van der Waals surface area contributed by atoms with Crippen molar-refractivity contribution in [1.29, 1.82) is 0 Å². The van der Waals surface area contributed by atoms with Crippen LogP contribution in [0.15, 0.2) is 23.3 Å². The topological polar surface area (TPSA) is 85.3 Å². The zero-order valence-electron chi connectivity index (χ0n) is 21.9. The van der Waals surface area contributed by atoms with Crippen LogP contribution in [0.4, 0.5) is 0 Å². The number of aliphatic carboxylic acids is 1. The van der Waals surface area contributed by atoms with Crippen molar-refractivity contribution in [3.05, 3.63) is 23.3 Å². The highest BCUT2D eigenvalue weighted by molar-refractivity contribution is 6.29. The second-order valence-electron chi connectivity index (χ2n) is 12.3. The first-order chi connectivity index (χ1) is 17.0. The van der Waals surface area contributed by atoms with Crippen LogP contribution in [-0.2, 0) is 23.9 Å². The summed E-state index contributed by atoms with van der Waals surface area (Å²) in [5.74, 6) is 0.0985. The molecule has 0 spiro atoms. The number of carboxylic acid groups (broad SMARTS) is 1. The van der Waals surface area contributed by atoms with E-state index in [0.29, 0.717) is 36.4 Å². The molecule has 3 unspecified atom stereocenters. The Morgan fingerprint density at radius 2 is 2.11 bits per heavy atom. The van der Waals surface area contributed by atoms with Gasteiger partial charge in [0.15, 0.2) is 6.29 Å². The molecule has 0 aromatic heterocycles. The van der Waals surface area contributed by atoms with E-state index in [1.54, 1.807) is 5.06 Å². The number of rotatable bonds is 9. The second-order valence-corrected chi connectivity index (χ2v) is 12.8. The van der Waals surface area contributed by atoms with Crippen LogP contribution in [0.5, 0.6) is 0 Å². The van der Waals surface area contributed by atoms with E-state index in [0.717, 1.165) is 31.1 Å². The fourth-order valence-corrected chi connectivity index (χ4v) is 9.07. The van der Waals surface area contributed by atoms with E-state index in [-0.39, 0.29) is 37.0 Å². The monoisotopic (exact) mass is 521 g/mol. The quantitative estimate of drug-likeness (QED) is 0.349. The van der Waals surface area contributed by atoms with Crippen LogP contribution in [0.25, 0.3) is 0 Å². The van der Waals surface area contributed by atoms with Gasteiger partial charge in [-0.15, -0.1) is 0 Å². The Labute approximate surface area is 219 Å². The van der Waals surface area contributed by atoms with Crippen LogP contribution >= 0.6 is 11.6 Å². The predicted octanol–water partition coefficient (Wildman–Crippen LogP) is 4.66. The Hall–Kier alpha value is -1.25. The molecule has 1 heterocycles. The third kappa shape index (κ3) is 3.39. The van der Waals surface area contributed by atoms with E-state index in [1.807, 2.05) is 6.92 Å². The fourth-order valence-electron chi connectivity index (χ4n) is 9.02. The minimum atomic E-state index is -1.24. The number of morpholine rings is 1. The van der Waals surface area contributed by atoms with Gasteiger partial charge < -0.3 is 19.4 Å². The van der Waals surface area contributed by atoms with Gasteiger partial charge >= 0.3 is 5.97 Å². The first-order valence-electron chi connectivity index (χ1n) is 13.4. The van der Waals surface area contributed by atoms with E-state index >= 15 is 0 Å². The van der Waals surface area contributed by atoms with Crippen molar-refractivity contribution in [2.45, 2.75) is 65.7 Å². The molecule has 200 valence electrons. The summed E-state index contributed by atoms with van der Waals surface area (Å²) in [5.41, 5.74) is -1.86. The molecule has 4 bridgehead atoms. The number of hydrogen-bond donors (Lipinski definition) is 1. The maximum absolute atomic E-state index is 13.5. The highest BCUT2D eigenvalue weighted by Gasteiger charge is 2.84. The van der Waals surface area contributed by atoms with Gasteiger partial charge in [0.05, 0.1) is 31.2 Å². The molecule has 0 amide bonds. The molecule has 0 aromatic rings. The van der Waals surface area contributed by atoms with Crippen molar-refractivity contribution < 1.29 is 29.0 Å². The van der Waals surface area contributed by atoms with Crippen LogP contribution in [0.3, 0.4) is 0 Å². The van der Waals surface area contributed by atoms with E-state index in [4.69, 9.17) is 25.9 Å². The number of ether oxygens (including phenoxy) is 2. The van der Waals surface area contributed by atoms with Crippen LogP contribution < -0.4 is 0 Å². The molecule has 8 heteroatoms. The van der Waals surface area contributed by atoms with Crippen LogP contribution in [0.2, 0.25) is 0 Å². The van der Waals surface area contributed by atoms with Gasteiger partial charge in [-0.25, -0.2) is 0 Å². The van der Waals surface area contributed by atoms with Crippen molar-refractivity contribution in [2.24, 2.45) is 45.8 Å². The largest absolute Gasteiger partial charge is 0.481 e. The van der Waals surface area contributed by atoms with Gasteiger partial charge in [-0.2, -0.15) is 5.06 Å². The molecule has 1 aliphatic heterocycles. The SMILES string of the molecule is C=C(Cl)CON1C[C@H](OCC23C[C@@H]4[C@H](C)CC[C@H]4C4(C=O)CC2C=C(C(C)C)[C@@]34C(=O)O)OC[C@H]1C. The first kappa shape index (κ1) is 26.4. The maximum atomic E-state index is 13.5. The number of carbonyl (C=O) groups is 2. The average Bonchev–Trinajstić information content (AvgIpc) is 3.40. The molecule has 5 rings (SSSR count). The fraction of sp³-hybridized carbons (Fsp3) is 0.786. The maximum Gasteiger partial charge on any atom is 0.315 e. The molecule has 4 aliphatic carbocycles. The van der Waals surface area contributed by atoms with Crippen molar-refractivity contribution >= 4 is 23.9 Å². The van der Waals surface area contributed by atoms with Gasteiger partial charge in [0.25, 0.3) is 0 Å². The summed E-state index contributed by atoms with van der Waals surface area (Å²) in [7, 11) is 0. The summed E-state index contributed by atoms with van der Waals surface area (Å²) < 4.78 is 12.5. The van der Waals surface area contributed by atoms with Crippen LogP contribution in [-0.4, -0.2) is 61.1 Å². The minimum absolute atomic E-state index is 0.00318. The minimum Gasteiger partial charge on any atom is -0.481 e. The van der Waals surface area contributed by atoms with Crippen LogP contribution in [0, 0.1) is 45.8 Å². The Morgan fingerprint density at radius 1 is 1.36 bits per heavy atom. The first-order valence-corrected chi connectivity index (χ1v) is 13.8. The van der Waals surface area contributed by atoms with Gasteiger partial charge in [0.1, 0.15) is 18.3 Å². The summed E-state index contributed by atoms with van der Waals surface area (Å²) in [4.78, 5) is 32.4. The molecular weight excluding hydrogens is 482 g/mol. The number of hydrogen-bond acceptors (Lipinski definition) is 6. The van der Waals surface area contributed by atoms with Gasteiger partial charge in [-0.1, -0.05) is 57.0 Å². The number of allylic oxidation sites excluding steroid dienone is 1. The molecule has 0 aromatic carbocycles. The number of halogens is 1. The summed E-state index contributed by atoms with van der Waals surface area (Å²) in [6.45, 7) is 13.3. The summed E-state index contributed by atoms with van der Waals surface area (Å²) >= 11 is 5.89. The Balaban J connectivity index is 1.49. The lowest BCUT2D eigenvalue weighted by molar-refractivity contribution is -0.289. The third-order valence-corrected chi connectivity index (χ3v) is 10.5. The van der Waals surface area contributed by atoms with Crippen molar-refractivity contribution in [2.75, 3.05) is 26.4 Å². The molecule has 9 atom stereocenters. The van der Waals surface area contributed by atoms with Gasteiger partial charge in [-0.05, 0) is 55.8 Å². The number of hydroxylamine groups is 2. The van der Waals surface area contributed by atoms with Crippen LogP contribution in [0.1, 0.15) is 53.4 Å². The zero-order valence-corrected chi connectivity index (χ0v) is 22.6. The van der Waals surface area contributed by atoms with E-state index in [9.17, 15) is 14.7 Å². The van der Waals surface area contributed by atoms with Gasteiger partial charge in [-0.3, -0.25) is 9.63 Å². The van der Waals surface area contributed by atoms with Crippen molar-refractivity contribution in [3.8, 4) is 0 Å². The molecular formula is C28H40ClNO6. The van der Waals surface area contributed by atoms with Gasteiger partial charge in [0.2, 0.25) is 0 Å². The standard InChI is InChI=1S/C28H40ClNO6/c1-16(2)23-8-20-9-26(14-31)22-7-6-17(3)21(22)10-27(20,28(23,26)25(32)33)15-35-24-11-30(19(5)13-34-24)36-12-18(4)29/h8,14,16-17,19-22,24H,4,6-7,9-13,15H2,1-3,5H3,(H,32,33)/t17-,19-,20?,21-,22-,24+,26?,27?,28+/m1/s1. The number of nitrogens with zero attached hydrogens (tertiary/aromatic N) is 1. The van der Waals surface area contributed by atoms with Crippen molar-refractivity contribution in [3.63, 3.8) is 0 Å². The van der Waals surface area contributed by atoms with E-state index in [1.165, 1.54) is 0 Å². The van der Waals surface area contributed by atoms with E-state index in [2.05, 4.69) is 33.4 Å². The second kappa shape index (κ2) is 9.19. The molecule has 0 radical (unpaired) electrons. The summed E-state index contributed by atoms with van der Waals surface area (Å²) in [6, 6.07) is 0.0266.